The minimum absolute atomic E-state index is 0.0143. The van der Waals surface area contributed by atoms with Crippen molar-refractivity contribution in [2.75, 3.05) is 26.2 Å². The van der Waals surface area contributed by atoms with E-state index >= 15 is 0 Å². The van der Waals surface area contributed by atoms with Crippen molar-refractivity contribution in [3.63, 3.8) is 0 Å². The van der Waals surface area contributed by atoms with Crippen LogP contribution in [0, 0.1) is 5.92 Å². The summed E-state index contributed by atoms with van der Waals surface area (Å²) in [5, 5.41) is 2.34. The number of nitrogens with zero attached hydrogens (tertiary/aromatic N) is 2. The predicted molar refractivity (Wildman–Crippen MR) is 118 cm³/mol. The highest BCUT2D eigenvalue weighted by atomic mass is 16.5. The largest absolute Gasteiger partial charge is 0.489 e. The van der Waals surface area contributed by atoms with Gasteiger partial charge in [-0.05, 0) is 43.0 Å². The van der Waals surface area contributed by atoms with Crippen LogP contribution in [0.15, 0.2) is 18.2 Å². The molecule has 3 heterocycles. The van der Waals surface area contributed by atoms with E-state index in [1.165, 1.54) is 0 Å². The summed E-state index contributed by atoms with van der Waals surface area (Å²) >= 11 is 0. The minimum Gasteiger partial charge on any atom is -0.489 e. The average molecular weight is 444 g/mol. The molecule has 0 saturated carbocycles. The van der Waals surface area contributed by atoms with Crippen molar-refractivity contribution in [3.05, 3.63) is 29.3 Å². The second-order valence-electron chi connectivity index (χ2n) is 9.38. The van der Waals surface area contributed by atoms with Crippen LogP contribution < -0.4 is 10.1 Å². The first-order chi connectivity index (χ1) is 15.3. The number of rotatable bonds is 7. The fourth-order valence-corrected chi connectivity index (χ4v) is 5.02. The van der Waals surface area contributed by atoms with Crippen LogP contribution in [0.3, 0.4) is 0 Å². The van der Waals surface area contributed by atoms with Crippen molar-refractivity contribution in [2.24, 2.45) is 5.92 Å². The molecule has 0 aromatic heterocycles. The van der Waals surface area contributed by atoms with Crippen molar-refractivity contribution in [3.8, 4) is 5.75 Å². The standard InChI is InChI=1S/C24H33N3O5/c1-4-31-18-10-19(14-26(13-18)11-15(2)3)32-17-5-6-20-16(9-17)12-27(24(20)30)21-7-8-22(28)25-23(21)29/h5-6,9,15,18-19,21H,4,7-8,10-14H2,1-3H3,(H,25,28,29)/t18-,19-,21?/m1/s1. The maximum Gasteiger partial charge on any atom is 0.255 e. The molecule has 3 aliphatic rings. The third-order valence-corrected chi connectivity index (χ3v) is 6.27. The Morgan fingerprint density at radius 2 is 1.94 bits per heavy atom. The summed E-state index contributed by atoms with van der Waals surface area (Å²) in [4.78, 5) is 40.5. The Kier molecular flexibility index (Phi) is 6.81. The molecule has 8 nitrogen and oxygen atoms in total. The monoisotopic (exact) mass is 443 g/mol. The Hall–Kier alpha value is -2.45. The summed E-state index contributed by atoms with van der Waals surface area (Å²) < 4.78 is 12.3. The summed E-state index contributed by atoms with van der Waals surface area (Å²) in [6, 6.07) is 4.93. The quantitative estimate of drug-likeness (QED) is 0.649. The van der Waals surface area contributed by atoms with Gasteiger partial charge in [-0.3, -0.25) is 24.6 Å². The molecule has 2 fully saturated rings. The lowest BCUT2D eigenvalue weighted by Crippen LogP contribution is -2.52. The van der Waals surface area contributed by atoms with E-state index in [4.69, 9.17) is 9.47 Å². The lowest BCUT2D eigenvalue weighted by Gasteiger charge is -2.38. The SMILES string of the molecule is CCO[C@@H]1C[C@@H](Oc2ccc3c(c2)CN(C2CCC(=O)NC2=O)C3=O)CN(CC(C)C)C1. The molecule has 4 rings (SSSR count). The number of nitrogens with one attached hydrogen (secondary N) is 1. The minimum atomic E-state index is -0.605. The van der Waals surface area contributed by atoms with Crippen LogP contribution in [0.4, 0.5) is 0 Å². The smallest absolute Gasteiger partial charge is 0.255 e. The van der Waals surface area contributed by atoms with Gasteiger partial charge in [-0.1, -0.05) is 13.8 Å². The molecule has 174 valence electrons. The number of amides is 3. The molecule has 1 aromatic rings. The second kappa shape index (κ2) is 9.58. The van der Waals surface area contributed by atoms with E-state index in [2.05, 4.69) is 24.1 Å². The van der Waals surface area contributed by atoms with Gasteiger partial charge in [0.15, 0.2) is 0 Å². The van der Waals surface area contributed by atoms with E-state index in [0.29, 0.717) is 31.1 Å². The molecule has 0 spiro atoms. The van der Waals surface area contributed by atoms with Gasteiger partial charge in [-0.25, -0.2) is 0 Å². The molecule has 1 N–H and O–H groups in total. The zero-order chi connectivity index (χ0) is 22.8. The van der Waals surface area contributed by atoms with Crippen LogP contribution in [0.2, 0.25) is 0 Å². The van der Waals surface area contributed by atoms with Gasteiger partial charge in [0.25, 0.3) is 5.91 Å². The number of likely N-dealkylation sites (tertiary alicyclic amines) is 1. The molecule has 32 heavy (non-hydrogen) atoms. The van der Waals surface area contributed by atoms with E-state index in [1.54, 1.807) is 11.0 Å². The number of hydrogen-bond donors (Lipinski definition) is 1. The lowest BCUT2D eigenvalue weighted by molar-refractivity contribution is -0.136. The number of ether oxygens (including phenoxy) is 2. The maximum absolute atomic E-state index is 12.9. The molecule has 2 saturated heterocycles. The van der Waals surface area contributed by atoms with Crippen LogP contribution in [-0.4, -0.2) is 72.0 Å². The maximum atomic E-state index is 12.9. The van der Waals surface area contributed by atoms with E-state index in [1.807, 2.05) is 19.1 Å². The third-order valence-electron chi connectivity index (χ3n) is 6.27. The van der Waals surface area contributed by atoms with Crippen LogP contribution >= 0.6 is 0 Å². The molecule has 0 aliphatic carbocycles. The van der Waals surface area contributed by atoms with Gasteiger partial charge in [0.05, 0.1) is 6.10 Å². The first-order valence-electron chi connectivity index (χ1n) is 11.6. The summed E-state index contributed by atoms with van der Waals surface area (Å²) in [5.41, 5.74) is 1.45. The molecule has 0 radical (unpaired) electrons. The second-order valence-corrected chi connectivity index (χ2v) is 9.38. The van der Waals surface area contributed by atoms with Gasteiger partial charge in [0.1, 0.15) is 17.9 Å². The Morgan fingerprint density at radius 3 is 2.66 bits per heavy atom. The number of piperidine rings is 2. The Labute approximate surface area is 189 Å². The first kappa shape index (κ1) is 22.7. The fourth-order valence-electron chi connectivity index (χ4n) is 5.02. The van der Waals surface area contributed by atoms with Crippen molar-refractivity contribution in [1.29, 1.82) is 0 Å². The number of hydrogen-bond acceptors (Lipinski definition) is 6. The Balaban J connectivity index is 1.44. The molecule has 1 aromatic carbocycles. The molecule has 3 amide bonds. The van der Waals surface area contributed by atoms with Crippen molar-refractivity contribution >= 4 is 17.7 Å². The molecular weight excluding hydrogens is 410 g/mol. The first-order valence-corrected chi connectivity index (χ1v) is 11.6. The third kappa shape index (κ3) is 4.96. The van der Waals surface area contributed by atoms with Gasteiger partial charge in [0, 0.05) is 51.2 Å². The van der Waals surface area contributed by atoms with Crippen LogP contribution in [0.25, 0.3) is 0 Å². The number of carbonyl (C=O) groups excluding carboxylic acids is 3. The summed E-state index contributed by atoms with van der Waals surface area (Å²) in [5.74, 6) is 0.454. The number of benzene rings is 1. The Morgan fingerprint density at radius 1 is 1.16 bits per heavy atom. The van der Waals surface area contributed by atoms with E-state index < -0.39 is 11.9 Å². The molecule has 8 heteroatoms. The summed E-state index contributed by atoms with van der Waals surface area (Å²) in [7, 11) is 0. The molecule has 3 aliphatic heterocycles. The average Bonchev–Trinajstić information content (AvgIpc) is 3.03. The zero-order valence-corrected chi connectivity index (χ0v) is 19.1. The zero-order valence-electron chi connectivity index (χ0n) is 19.1. The highest BCUT2D eigenvalue weighted by Crippen LogP contribution is 2.31. The highest BCUT2D eigenvalue weighted by molar-refractivity contribution is 6.05. The number of carbonyl (C=O) groups is 3. The van der Waals surface area contributed by atoms with Gasteiger partial charge < -0.3 is 14.4 Å². The predicted octanol–water partition coefficient (Wildman–Crippen LogP) is 1.96. The van der Waals surface area contributed by atoms with Gasteiger partial charge in [-0.15, -0.1) is 0 Å². The van der Waals surface area contributed by atoms with Crippen LogP contribution in [0.1, 0.15) is 56.0 Å². The number of imide groups is 1. The molecule has 1 unspecified atom stereocenters. The lowest BCUT2D eigenvalue weighted by atomic mass is 10.0. The highest BCUT2D eigenvalue weighted by Gasteiger charge is 2.39. The van der Waals surface area contributed by atoms with E-state index in [9.17, 15) is 14.4 Å². The van der Waals surface area contributed by atoms with E-state index in [0.717, 1.165) is 37.4 Å². The normalized spacial score (nSPS) is 26.4. The van der Waals surface area contributed by atoms with Crippen LogP contribution in [0.5, 0.6) is 5.75 Å². The van der Waals surface area contributed by atoms with Gasteiger partial charge in [-0.2, -0.15) is 0 Å². The summed E-state index contributed by atoms with van der Waals surface area (Å²) in [6.45, 7) is 10.3. The fraction of sp³-hybridized carbons (Fsp3) is 0.625. The van der Waals surface area contributed by atoms with E-state index in [-0.39, 0.29) is 30.4 Å². The molecular formula is C24H33N3O5. The van der Waals surface area contributed by atoms with Crippen LogP contribution in [-0.2, 0) is 20.9 Å². The van der Waals surface area contributed by atoms with Crippen molar-refractivity contribution in [1.82, 2.24) is 15.1 Å². The van der Waals surface area contributed by atoms with Gasteiger partial charge in [0.2, 0.25) is 11.8 Å². The van der Waals surface area contributed by atoms with Crippen molar-refractivity contribution < 1.29 is 23.9 Å². The number of fused-ring (bicyclic) bond motifs is 1. The topological polar surface area (TPSA) is 88.2 Å². The summed E-state index contributed by atoms with van der Waals surface area (Å²) in [6.07, 6.45) is 1.61. The molecule has 3 atom stereocenters. The Bertz CT molecular complexity index is 886. The van der Waals surface area contributed by atoms with Gasteiger partial charge >= 0.3 is 0 Å². The molecule has 0 bridgehead atoms. The van der Waals surface area contributed by atoms with Crippen molar-refractivity contribution in [2.45, 2.75) is 64.8 Å².